The van der Waals surface area contributed by atoms with E-state index in [0.717, 1.165) is 27.4 Å². The van der Waals surface area contributed by atoms with E-state index < -0.39 is 6.04 Å². The van der Waals surface area contributed by atoms with E-state index in [1.54, 1.807) is 28.4 Å². The third-order valence-electron chi connectivity index (χ3n) is 5.61. The summed E-state index contributed by atoms with van der Waals surface area (Å²) in [4.78, 5) is 32.4. The van der Waals surface area contributed by atoms with Gasteiger partial charge in [0.1, 0.15) is 6.04 Å². The summed E-state index contributed by atoms with van der Waals surface area (Å²) < 4.78 is 5.31. The SMILES string of the molecule is Cc1nc(-c2ccc(NC(=O)C3Cc4ccccc4CN3C(=O)c3ccco3)cc2)cs1. The summed E-state index contributed by atoms with van der Waals surface area (Å²) in [7, 11) is 0. The molecule has 1 aliphatic heterocycles. The zero-order valence-corrected chi connectivity index (χ0v) is 18.3. The molecule has 2 aromatic carbocycles. The molecule has 1 atom stereocenters. The fourth-order valence-corrected chi connectivity index (χ4v) is 4.58. The number of rotatable bonds is 4. The molecule has 1 aliphatic rings. The van der Waals surface area contributed by atoms with Crippen LogP contribution in [0.5, 0.6) is 0 Å². The Morgan fingerprint density at radius 1 is 1.06 bits per heavy atom. The number of anilines is 1. The lowest BCUT2D eigenvalue weighted by Crippen LogP contribution is -2.50. The first-order valence-corrected chi connectivity index (χ1v) is 11.2. The number of thiazole rings is 1. The van der Waals surface area contributed by atoms with Crippen molar-refractivity contribution in [2.75, 3.05) is 5.32 Å². The van der Waals surface area contributed by atoms with Gasteiger partial charge in [-0.2, -0.15) is 0 Å². The van der Waals surface area contributed by atoms with Gasteiger partial charge in [-0.3, -0.25) is 9.59 Å². The summed E-state index contributed by atoms with van der Waals surface area (Å²) in [6.07, 6.45) is 1.91. The molecule has 0 radical (unpaired) electrons. The summed E-state index contributed by atoms with van der Waals surface area (Å²) in [5, 5.41) is 6.00. The highest BCUT2D eigenvalue weighted by atomic mass is 32.1. The zero-order valence-electron chi connectivity index (χ0n) is 17.4. The Balaban J connectivity index is 1.38. The maximum absolute atomic E-state index is 13.3. The van der Waals surface area contributed by atoms with Crippen molar-refractivity contribution in [3.8, 4) is 11.3 Å². The van der Waals surface area contributed by atoms with Crippen molar-refractivity contribution >= 4 is 28.8 Å². The Bertz CT molecular complexity index is 1260. The van der Waals surface area contributed by atoms with Crippen LogP contribution in [0, 0.1) is 6.92 Å². The molecule has 3 heterocycles. The van der Waals surface area contributed by atoms with E-state index in [9.17, 15) is 9.59 Å². The van der Waals surface area contributed by atoms with Gasteiger partial charge >= 0.3 is 0 Å². The minimum Gasteiger partial charge on any atom is -0.459 e. The number of nitrogens with zero attached hydrogens (tertiary/aromatic N) is 2. The van der Waals surface area contributed by atoms with Gasteiger partial charge in [-0.05, 0) is 42.3 Å². The second kappa shape index (κ2) is 8.43. The van der Waals surface area contributed by atoms with Crippen LogP contribution in [0.25, 0.3) is 11.3 Å². The monoisotopic (exact) mass is 443 g/mol. The van der Waals surface area contributed by atoms with Crippen LogP contribution in [0.2, 0.25) is 0 Å². The first-order chi connectivity index (χ1) is 15.6. The number of fused-ring (bicyclic) bond motifs is 1. The van der Waals surface area contributed by atoms with Crippen LogP contribution >= 0.6 is 11.3 Å². The Labute approximate surface area is 189 Å². The number of carbonyl (C=O) groups excluding carboxylic acids is 2. The number of aromatic nitrogens is 1. The number of nitrogens with one attached hydrogen (secondary N) is 1. The maximum atomic E-state index is 13.3. The summed E-state index contributed by atoms with van der Waals surface area (Å²) in [6, 6.07) is 18.1. The lowest BCUT2D eigenvalue weighted by atomic mass is 9.93. The van der Waals surface area contributed by atoms with Crippen LogP contribution in [0.15, 0.2) is 76.7 Å². The molecule has 1 N–H and O–H groups in total. The third-order valence-corrected chi connectivity index (χ3v) is 6.38. The van der Waals surface area contributed by atoms with Crippen molar-refractivity contribution in [1.29, 1.82) is 0 Å². The minimum atomic E-state index is -0.636. The molecular weight excluding hydrogens is 422 g/mol. The number of furan rings is 1. The molecule has 0 bridgehead atoms. The highest BCUT2D eigenvalue weighted by molar-refractivity contribution is 7.09. The van der Waals surface area contributed by atoms with Crippen molar-refractivity contribution in [3.63, 3.8) is 0 Å². The second-order valence-corrected chi connectivity index (χ2v) is 8.78. The van der Waals surface area contributed by atoms with Gasteiger partial charge in [-0.1, -0.05) is 36.4 Å². The Kier molecular flexibility index (Phi) is 5.33. The van der Waals surface area contributed by atoms with Gasteiger partial charge in [0.15, 0.2) is 5.76 Å². The van der Waals surface area contributed by atoms with Gasteiger partial charge in [-0.25, -0.2) is 4.98 Å². The van der Waals surface area contributed by atoms with E-state index in [1.165, 1.54) is 6.26 Å². The fourth-order valence-electron chi connectivity index (χ4n) is 3.96. The van der Waals surface area contributed by atoms with Crippen LogP contribution in [0.4, 0.5) is 5.69 Å². The average molecular weight is 444 g/mol. The summed E-state index contributed by atoms with van der Waals surface area (Å²) in [6.45, 7) is 2.33. The molecule has 32 heavy (non-hydrogen) atoms. The Morgan fingerprint density at radius 2 is 1.84 bits per heavy atom. The second-order valence-electron chi connectivity index (χ2n) is 7.72. The van der Waals surface area contributed by atoms with Gasteiger partial charge in [0.05, 0.1) is 17.0 Å². The van der Waals surface area contributed by atoms with E-state index in [-0.39, 0.29) is 17.6 Å². The number of carbonyl (C=O) groups is 2. The van der Waals surface area contributed by atoms with Gasteiger partial charge in [0.2, 0.25) is 5.91 Å². The predicted octanol–water partition coefficient (Wildman–Crippen LogP) is 4.92. The number of aryl methyl sites for hydroxylation is 1. The molecule has 160 valence electrons. The summed E-state index contributed by atoms with van der Waals surface area (Å²) >= 11 is 1.60. The van der Waals surface area contributed by atoms with Crippen molar-refractivity contribution in [2.24, 2.45) is 0 Å². The van der Waals surface area contributed by atoms with Crippen molar-refractivity contribution < 1.29 is 14.0 Å². The molecule has 0 saturated heterocycles. The van der Waals surface area contributed by atoms with E-state index in [4.69, 9.17) is 4.42 Å². The highest BCUT2D eigenvalue weighted by Crippen LogP contribution is 2.27. The van der Waals surface area contributed by atoms with E-state index >= 15 is 0 Å². The molecule has 1 unspecified atom stereocenters. The fraction of sp³-hybridized carbons (Fsp3) is 0.160. The van der Waals surface area contributed by atoms with Crippen molar-refractivity contribution in [2.45, 2.75) is 25.9 Å². The van der Waals surface area contributed by atoms with Crippen molar-refractivity contribution in [1.82, 2.24) is 9.88 Å². The standard InChI is InChI=1S/C25H21N3O3S/c1-16-26-21(15-32-16)17-8-10-20(11-9-17)27-24(29)22-13-18-5-2-3-6-19(18)14-28(22)25(30)23-7-4-12-31-23/h2-12,15,22H,13-14H2,1H3,(H,27,29). The van der Waals surface area contributed by atoms with Gasteiger partial charge in [0, 0.05) is 29.6 Å². The third kappa shape index (κ3) is 3.94. The van der Waals surface area contributed by atoms with Gasteiger partial charge < -0.3 is 14.6 Å². The smallest absolute Gasteiger partial charge is 0.290 e. The average Bonchev–Trinajstić information content (AvgIpc) is 3.50. The first-order valence-electron chi connectivity index (χ1n) is 10.3. The zero-order chi connectivity index (χ0) is 22.1. The summed E-state index contributed by atoms with van der Waals surface area (Å²) in [5.41, 5.74) is 4.71. The number of hydrogen-bond donors (Lipinski definition) is 1. The predicted molar refractivity (Wildman–Crippen MR) is 123 cm³/mol. The lowest BCUT2D eigenvalue weighted by Gasteiger charge is -2.35. The van der Waals surface area contributed by atoms with Crippen LogP contribution in [-0.4, -0.2) is 27.7 Å². The molecule has 0 fully saturated rings. The van der Waals surface area contributed by atoms with Crippen LogP contribution < -0.4 is 5.32 Å². The molecule has 2 aromatic heterocycles. The molecule has 0 spiro atoms. The molecule has 2 amide bonds. The molecule has 4 aromatic rings. The quantitative estimate of drug-likeness (QED) is 0.486. The minimum absolute atomic E-state index is 0.225. The molecular formula is C25H21N3O3S. The largest absolute Gasteiger partial charge is 0.459 e. The topological polar surface area (TPSA) is 75.4 Å². The maximum Gasteiger partial charge on any atom is 0.290 e. The van der Waals surface area contributed by atoms with E-state index in [1.807, 2.05) is 60.8 Å². The number of benzene rings is 2. The van der Waals surface area contributed by atoms with E-state index in [0.29, 0.717) is 18.7 Å². The van der Waals surface area contributed by atoms with Gasteiger partial charge in [0.25, 0.3) is 5.91 Å². The molecule has 6 nitrogen and oxygen atoms in total. The van der Waals surface area contributed by atoms with Crippen molar-refractivity contribution in [3.05, 3.63) is 94.2 Å². The molecule has 7 heteroatoms. The van der Waals surface area contributed by atoms with E-state index in [2.05, 4.69) is 10.3 Å². The van der Waals surface area contributed by atoms with Crippen LogP contribution in [0.1, 0.15) is 26.7 Å². The normalized spacial score (nSPS) is 15.3. The van der Waals surface area contributed by atoms with Gasteiger partial charge in [-0.15, -0.1) is 11.3 Å². The van der Waals surface area contributed by atoms with Crippen LogP contribution in [0.3, 0.4) is 0 Å². The Morgan fingerprint density at radius 3 is 2.53 bits per heavy atom. The first kappa shape index (κ1) is 20.2. The Hall–Kier alpha value is -3.71. The molecule has 0 aliphatic carbocycles. The number of hydrogen-bond acceptors (Lipinski definition) is 5. The molecule has 0 saturated carbocycles. The lowest BCUT2D eigenvalue weighted by molar-refractivity contribution is -0.121. The number of amides is 2. The highest BCUT2D eigenvalue weighted by Gasteiger charge is 2.36. The molecule has 5 rings (SSSR count). The summed E-state index contributed by atoms with van der Waals surface area (Å²) in [5.74, 6) is -0.291. The van der Waals surface area contributed by atoms with Crippen LogP contribution in [-0.2, 0) is 17.8 Å².